The number of methoxy groups -OCH3 is 1. The molecule has 1 saturated heterocycles. The molecule has 3 aromatic rings. The van der Waals surface area contributed by atoms with Crippen LogP contribution in [-0.4, -0.2) is 80.2 Å². The third-order valence-electron chi connectivity index (χ3n) is 8.61. The van der Waals surface area contributed by atoms with Crippen molar-refractivity contribution in [2.75, 3.05) is 53.6 Å². The molecule has 0 radical (unpaired) electrons. The summed E-state index contributed by atoms with van der Waals surface area (Å²) in [5, 5.41) is 3.15. The van der Waals surface area contributed by atoms with Crippen LogP contribution in [0.4, 0.5) is 5.69 Å². The van der Waals surface area contributed by atoms with Crippen molar-refractivity contribution in [2.24, 2.45) is 0 Å². The molecule has 10 nitrogen and oxygen atoms in total. The average molecular weight is 626 g/mol. The molecule has 0 saturated carbocycles. The molecule has 0 aromatic heterocycles. The van der Waals surface area contributed by atoms with E-state index in [1.54, 1.807) is 38.1 Å². The highest BCUT2D eigenvalue weighted by molar-refractivity contribution is 5.99. The van der Waals surface area contributed by atoms with Gasteiger partial charge in [0.25, 0.3) is 4.92 Å². The van der Waals surface area contributed by atoms with Gasteiger partial charge in [0.1, 0.15) is 6.61 Å². The van der Waals surface area contributed by atoms with Crippen molar-refractivity contribution < 1.29 is 28.8 Å². The minimum atomic E-state index is -0.803. The maximum Gasteiger partial charge on any atom is 0.336 e. The Labute approximate surface area is 269 Å². The van der Waals surface area contributed by atoms with E-state index in [9.17, 15) is 14.5 Å². The van der Waals surface area contributed by atoms with Gasteiger partial charge in [-0.15, -0.1) is 0 Å². The molecule has 1 atom stereocenters. The molecule has 0 bridgehead atoms. The molecule has 0 aliphatic carbocycles. The third kappa shape index (κ3) is 7.19. The van der Waals surface area contributed by atoms with Crippen LogP contribution >= 0.6 is 0 Å². The van der Waals surface area contributed by atoms with Gasteiger partial charge in [0, 0.05) is 56.3 Å². The molecule has 46 heavy (non-hydrogen) atoms. The zero-order chi connectivity index (χ0) is 32.6. The van der Waals surface area contributed by atoms with Crippen LogP contribution in [0, 0.1) is 4.91 Å². The number of ether oxygens (including phenoxy) is 2. The summed E-state index contributed by atoms with van der Waals surface area (Å²) in [5.41, 5.74) is 5.01. The summed E-state index contributed by atoms with van der Waals surface area (Å²) in [5.74, 6) is -1.92. The quantitative estimate of drug-likeness (QED) is 0.233. The van der Waals surface area contributed by atoms with Crippen molar-refractivity contribution in [3.63, 3.8) is 0 Å². The van der Waals surface area contributed by atoms with Crippen LogP contribution in [-0.2, 0) is 23.9 Å². The van der Waals surface area contributed by atoms with Crippen LogP contribution in [0.25, 0.3) is 0 Å². The van der Waals surface area contributed by atoms with Gasteiger partial charge in [0.2, 0.25) is 0 Å². The highest BCUT2D eigenvalue weighted by Gasteiger charge is 2.38. The SMILES string of the molecule is COC(=O)C1=C(C)NC(C)=C(C(=O)OCCN2CCN(C(c3ccccc3)c3ccccc3)CC2)C1c1cccc([N+](=O)OC)c1. The molecule has 3 aromatic carbocycles. The van der Waals surface area contributed by atoms with E-state index >= 15 is 0 Å². The van der Waals surface area contributed by atoms with E-state index in [-0.39, 0.29) is 29.5 Å². The smallest absolute Gasteiger partial charge is 0.336 e. The zero-order valence-corrected chi connectivity index (χ0v) is 26.8. The van der Waals surface area contributed by atoms with Gasteiger partial charge in [-0.3, -0.25) is 9.80 Å². The summed E-state index contributed by atoms with van der Waals surface area (Å²) in [6.45, 7) is 7.73. The Balaban J connectivity index is 1.26. The molecule has 2 aliphatic rings. The second-order valence-corrected chi connectivity index (χ2v) is 11.4. The normalized spacial score (nSPS) is 17.5. The first-order valence-corrected chi connectivity index (χ1v) is 15.4. The van der Waals surface area contributed by atoms with E-state index < -0.39 is 17.9 Å². The predicted molar refractivity (Wildman–Crippen MR) is 174 cm³/mol. The van der Waals surface area contributed by atoms with E-state index in [1.807, 2.05) is 12.1 Å². The highest BCUT2D eigenvalue weighted by Crippen LogP contribution is 2.40. The number of dihydropyridines is 1. The van der Waals surface area contributed by atoms with Crippen molar-refractivity contribution >= 4 is 17.6 Å². The van der Waals surface area contributed by atoms with E-state index in [0.717, 1.165) is 26.2 Å². The van der Waals surface area contributed by atoms with Gasteiger partial charge < -0.3 is 14.8 Å². The van der Waals surface area contributed by atoms with E-state index in [2.05, 4.69) is 63.6 Å². The van der Waals surface area contributed by atoms with Crippen LogP contribution in [0.1, 0.15) is 42.5 Å². The average Bonchev–Trinajstić information content (AvgIpc) is 3.09. The summed E-state index contributed by atoms with van der Waals surface area (Å²) in [7, 11) is 2.57. The predicted octanol–water partition coefficient (Wildman–Crippen LogP) is 5.02. The number of carbonyl (C=O) groups excluding carboxylic acids is 2. The Kier molecular flexibility index (Phi) is 10.6. The Morgan fingerprint density at radius 3 is 1.98 bits per heavy atom. The molecular formula is C36H41N4O6+. The molecule has 0 spiro atoms. The Morgan fingerprint density at radius 2 is 1.41 bits per heavy atom. The molecule has 2 heterocycles. The fourth-order valence-electron chi connectivity index (χ4n) is 6.38. The van der Waals surface area contributed by atoms with E-state index in [4.69, 9.17) is 14.3 Å². The van der Waals surface area contributed by atoms with Gasteiger partial charge in [-0.25, -0.2) is 14.4 Å². The van der Waals surface area contributed by atoms with Gasteiger partial charge >= 0.3 is 17.6 Å². The number of piperazine rings is 1. The first kappa shape index (κ1) is 32.6. The molecule has 5 rings (SSSR count). The largest absolute Gasteiger partial charge is 0.466 e. The van der Waals surface area contributed by atoms with Gasteiger partial charge in [0.05, 0.1) is 35.1 Å². The molecular weight excluding hydrogens is 584 g/mol. The van der Waals surface area contributed by atoms with Gasteiger partial charge in [-0.05, 0) is 30.5 Å². The standard InChI is InChI=1S/C36H40N4O6/c1-25-31(35(41)44-3)33(29-16-11-17-30(24-29)40(43)45-4)32(26(2)37-25)36(42)46-23-22-38-18-20-39(21-19-38)34(27-12-7-5-8-13-27)28-14-9-6-10-15-28/h5-17,24,33-34H,18-23H2,1-4H3/p+1. The first-order chi connectivity index (χ1) is 22.3. The number of nitrogens with one attached hydrogen (secondary N) is 1. The lowest BCUT2D eigenvalue weighted by Crippen LogP contribution is -2.48. The number of rotatable bonds is 11. The topological polar surface area (TPSA) is 100 Å². The highest BCUT2D eigenvalue weighted by atomic mass is 16.8. The van der Waals surface area contributed by atoms with Crippen LogP contribution < -0.4 is 5.32 Å². The molecule has 0 amide bonds. The van der Waals surface area contributed by atoms with E-state index in [0.29, 0.717) is 28.4 Å². The Morgan fingerprint density at radius 1 is 0.826 bits per heavy atom. The van der Waals surface area contributed by atoms with Crippen LogP contribution in [0.15, 0.2) is 107 Å². The Bertz CT molecular complexity index is 1570. The second-order valence-electron chi connectivity index (χ2n) is 11.4. The molecule has 1 unspecified atom stereocenters. The summed E-state index contributed by atoms with van der Waals surface area (Å²) in [4.78, 5) is 48.9. The molecule has 240 valence electrons. The molecule has 1 N–H and O–H groups in total. The molecule has 10 heteroatoms. The van der Waals surface area contributed by atoms with Crippen molar-refractivity contribution in [3.8, 4) is 0 Å². The fourth-order valence-corrected chi connectivity index (χ4v) is 6.38. The minimum Gasteiger partial charge on any atom is -0.466 e. The third-order valence-corrected chi connectivity index (χ3v) is 8.61. The number of allylic oxidation sites excluding steroid dienone is 2. The summed E-state index contributed by atoms with van der Waals surface area (Å²) in [6, 6.07) is 27.9. The maximum absolute atomic E-state index is 13.7. The second kappa shape index (κ2) is 15.0. The lowest BCUT2D eigenvalue weighted by Gasteiger charge is -2.39. The lowest BCUT2D eigenvalue weighted by molar-refractivity contribution is -0.736. The summed E-state index contributed by atoms with van der Waals surface area (Å²) in [6.07, 6.45) is 0. The van der Waals surface area contributed by atoms with Crippen molar-refractivity contribution in [2.45, 2.75) is 25.8 Å². The number of carbonyl (C=O) groups is 2. The van der Waals surface area contributed by atoms with Gasteiger partial charge in [-0.2, -0.15) is 0 Å². The fraction of sp³-hybridized carbons (Fsp3) is 0.333. The minimum absolute atomic E-state index is 0.171. The zero-order valence-electron chi connectivity index (χ0n) is 26.8. The van der Waals surface area contributed by atoms with Crippen LogP contribution in [0.3, 0.4) is 0 Å². The van der Waals surface area contributed by atoms with Crippen molar-refractivity contribution in [1.29, 1.82) is 0 Å². The van der Waals surface area contributed by atoms with E-state index in [1.165, 1.54) is 25.3 Å². The van der Waals surface area contributed by atoms with Gasteiger partial charge in [0.15, 0.2) is 7.11 Å². The molecule has 2 aliphatic heterocycles. The van der Waals surface area contributed by atoms with Crippen molar-refractivity contribution in [1.82, 2.24) is 15.1 Å². The Hall–Kier alpha value is -4.80. The number of nitrogens with zero attached hydrogens (tertiary/aromatic N) is 3. The molecule has 1 fully saturated rings. The lowest BCUT2D eigenvalue weighted by atomic mass is 9.80. The summed E-state index contributed by atoms with van der Waals surface area (Å²) < 4.78 is 10.9. The van der Waals surface area contributed by atoms with Crippen LogP contribution in [0.5, 0.6) is 0 Å². The number of hydrogen-bond acceptors (Lipinski definition) is 9. The van der Waals surface area contributed by atoms with Gasteiger partial charge in [-0.1, -0.05) is 72.8 Å². The van der Waals surface area contributed by atoms with Crippen LogP contribution in [0.2, 0.25) is 0 Å². The first-order valence-electron chi connectivity index (χ1n) is 15.4. The monoisotopic (exact) mass is 625 g/mol. The number of esters is 2. The number of hydrogen-bond donors (Lipinski definition) is 1. The summed E-state index contributed by atoms with van der Waals surface area (Å²) >= 11 is 0. The number of benzene rings is 3. The maximum atomic E-state index is 13.7. The van der Waals surface area contributed by atoms with Crippen molar-refractivity contribution in [3.05, 3.63) is 129 Å².